The van der Waals surface area contributed by atoms with E-state index in [2.05, 4.69) is 16.9 Å². The Labute approximate surface area is 175 Å². The Kier molecular flexibility index (Phi) is 5.81. The molecule has 2 heterocycles. The van der Waals surface area contributed by atoms with Gasteiger partial charge in [-0.05, 0) is 44.2 Å². The van der Waals surface area contributed by atoms with Crippen LogP contribution in [0.3, 0.4) is 0 Å². The van der Waals surface area contributed by atoms with Crippen LogP contribution in [0.2, 0.25) is 10.0 Å². The van der Waals surface area contributed by atoms with E-state index >= 15 is 0 Å². The molecule has 0 N–H and O–H groups in total. The van der Waals surface area contributed by atoms with Gasteiger partial charge in [0.15, 0.2) is 0 Å². The van der Waals surface area contributed by atoms with Gasteiger partial charge in [0.25, 0.3) is 0 Å². The molecule has 0 bridgehead atoms. The van der Waals surface area contributed by atoms with Crippen molar-refractivity contribution in [1.29, 1.82) is 0 Å². The molecule has 1 fully saturated rings. The van der Waals surface area contributed by atoms with Gasteiger partial charge in [0.2, 0.25) is 5.88 Å². The number of hydrogen-bond donors (Lipinski definition) is 0. The fourth-order valence-electron chi connectivity index (χ4n) is 3.33. The van der Waals surface area contributed by atoms with E-state index < -0.39 is 0 Å². The Balaban J connectivity index is 1.70. The van der Waals surface area contributed by atoms with Gasteiger partial charge in [-0.1, -0.05) is 47.5 Å². The summed E-state index contributed by atoms with van der Waals surface area (Å²) < 4.78 is 6.15. The van der Waals surface area contributed by atoms with Gasteiger partial charge in [0.05, 0.1) is 11.9 Å². The predicted octanol–water partition coefficient (Wildman–Crippen LogP) is 5.59. The third kappa shape index (κ3) is 4.46. The summed E-state index contributed by atoms with van der Waals surface area (Å²) in [6.07, 6.45) is 3.87. The number of aromatic nitrogens is 2. The van der Waals surface area contributed by atoms with Crippen LogP contribution in [0.5, 0.6) is 5.88 Å². The van der Waals surface area contributed by atoms with Crippen molar-refractivity contribution in [2.24, 2.45) is 0 Å². The molecule has 0 unspecified atom stereocenters. The first-order valence-electron chi connectivity index (χ1n) is 9.32. The number of rotatable bonds is 4. The molecule has 2 aromatic carbocycles. The zero-order valence-corrected chi connectivity index (χ0v) is 17.1. The van der Waals surface area contributed by atoms with Crippen molar-refractivity contribution >= 4 is 23.2 Å². The average Bonchev–Trinajstić information content (AvgIpc) is 2.71. The second-order valence-electron chi connectivity index (χ2n) is 7.04. The normalized spacial score (nSPS) is 15.5. The number of likely N-dealkylation sites (tertiary alicyclic amines) is 1. The van der Waals surface area contributed by atoms with E-state index in [0.29, 0.717) is 15.9 Å². The van der Waals surface area contributed by atoms with Gasteiger partial charge in [0.1, 0.15) is 11.8 Å². The maximum atomic E-state index is 6.15. The van der Waals surface area contributed by atoms with E-state index in [1.807, 2.05) is 48.5 Å². The molecule has 0 saturated carbocycles. The lowest BCUT2D eigenvalue weighted by Crippen LogP contribution is -2.35. The molecule has 1 aliphatic heterocycles. The molecule has 1 saturated heterocycles. The van der Waals surface area contributed by atoms with Gasteiger partial charge in [0, 0.05) is 34.3 Å². The first-order valence-corrected chi connectivity index (χ1v) is 10.1. The molecule has 0 aliphatic carbocycles. The number of nitrogens with zero attached hydrogens (tertiary/aromatic N) is 3. The molecule has 1 aromatic heterocycles. The molecule has 6 heteroatoms. The highest BCUT2D eigenvalue weighted by atomic mass is 35.5. The van der Waals surface area contributed by atoms with Crippen LogP contribution in [-0.4, -0.2) is 41.1 Å². The van der Waals surface area contributed by atoms with E-state index in [-0.39, 0.29) is 6.10 Å². The topological polar surface area (TPSA) is 38.2 Å². The first-order chi connectivity index (χ1) is 13.6. The summed E-state index contributed by atoms with van der Waals surface area (Å²) in [5.41, 5.74) is 3.45. The van der Waals surface area contributed by atoms with Gasteiger partial charge in [-0.25, -0.2) is 9.97 Å². The fraction of sp³-hybridized carbons (Fsp3) is 0.273. The van der Waals surface area contributed by atoms with Gasteiger partial charge < -0.3 is 9.64 Å². The molecular formula is C22H21Cl2N3O. The number of hydrogen-bond acceptors (Lipinski definition) is 4. The van der Waals surface area contributed by atoms with Crippen LogP contribution < -0.4 is 4.74 Å². The van der Waals surface area contributed by atoms with Crippen molar-refractivity contribution < 1.29 is 4.74 Å². The number of halogens is 2. The van der Waals surface area contributed by atoms with Crippen LogP contribution in [-0.2, 0) is 0 Å². The largest absolute Gasteiger partial charge is 0.473 e. The van der Waals surface area contributed by atoms with Crippen molar-refractivity contribution in [3.05, 3.63) is 64.8 Å². The van der Waals surface area contributed by atoms with E-state index in [1.165, 1.54) is 0 Å². The molecule has 4 nitrogen and oxygen atoms in total. The number of benzene rings is 2. The summed E-state index contributed by atoms with van der Waals surface area (Å²) in [5.74, 6) is 0.553. The monoisotopic (exact) mass is 413 g/mol. The van der Waals surface area contributed by atoms with Crippen LogP contribution in [0.15, 0.2) is 54.7 Å². The van der Waals surface area contributed by atoms with E-state index in [9.17, 15) is 0 Å². The SMILES string of the molecule is CN1CCC(Oc2cnc(-c3ccc(Cl)cc3)c(-c3ccc(Cl)cc3)n2)CC1. The van der Waals surface area contributed by atoms with Gasteiger partial charge in [-0.2, -0.15) is 0 Å². The molecule has 0 atom stereocenters. The van der Waals surface area contributed by atoms with Gasteiger partial charge in [-0.15, -0.1) is 0 Å². The molecule has 0 spiro atoms. The summed E-state index contributed by atoms with van der Waals surface area (Å²) >= 11 is 12.1. The van der Waals surface area contributed by atoms with Crippen LogP contribution >= 0.6 is 23.2 Å². The van der Waals surface area contributed by atoms with E-state index in [0.717, 1.165) is 48.4 Å². The minimum Gasteiger partial charge on any atom is -0.473 e. The molecule has 4 rings (SSSR count). The van der Waals surface area contributed by atoms with Crippen molar-refractivity contribution in [3.63, 3.8) is 0 Å². The quantitative estimate of drug-likeness (QED) is 0.558. The van der Waals surface area contributed by atoms with E-state index in [4.69, 9.17) is 32.9 Å². The molecule has 0 radical (unpaired) electrons. The Morgan fingerprint density at radius 1 is 0.857 bits per heavy atom. The molecular weight excluding hydrogens is 393 g/mol. The highest BCUT2D eigenvalue weighted by Crippen LogP contribution is 2.32. The molecule has 28 heavy (non-hydrogen) atoms. The third-order valence-electron chi connectivity index (χ3n) is 4.94. The third-order valence-corrected chi connectivity index (χ3v) is 5.44. The summed E-state index contributed by atoms with van der Waals surface area (Å²) in [7, 11) is 2.13. The molecule has 3 aromatic rings. The Bertz CT molecular complexity index is 937. The van der Waals surface area contributed by atoms with Crippen LogP contribution in [0, 0.1) is 0 Å². The predicted molar refractivity (Wildman–Crippen MR) is 114 cm³/mol. The van der Waals surface area contributed by atoms with Crippen LogP contribution in [0.1, 0.15) is 12.8 Å². The first kappa shape index (κ1) is 19.2. The lowest BCUT2D eigenvalue weighted by atomic mass is 10.0. The number of ether oxygens (including phenoxy) is 1. The lowest BCUT2D eigenvalue weighted by Gasteiger charge is -2.29. The Hall–Kier alpha value is -2.14. The highest BCUT2D eigenvalue weighted by molar-refractivity contribution is 6.31. The maximum Gasteiger partial charge on any atom is 0.233 e. The Morgan fingerprint density at radius 3 is 1.96 bits per heavy atom. The average molecular weight is 414 g/mol. The van der Waals surface area contributed by atoms with E-state index in [1.54, 1.807) is 6.20 Å². The molecule has 1 aliphatic rings. The summed E-state index contributed by atoms with van der Waals surface area (Å²) in [6.45, 7) is 2.07. The maximum absolute atomic E-state index is 6.15. The smallest absolute Gasteiger partial charge is 0.233 e. The zero-order valence-electron chi connectivity index (χ0n) is 15.6. The summed E-state index contributed by atoms with van der Waals surface area (Å²) in [6, 6.07) is 15.2. The van der Waals surface area contributed by atoms with Crippen molar-refractivity contribution in [1.82, 2.24) is 14.9 Å². The van der Waals surface area contributed by atoms with Crippen molar-refractivity contribution in [2.75, 3.05) is 20.1 Å². The summed E-state index contributed by atoms with van der Waals surface area (Å²) in [5, 5.41) is 1.37. The lowest BCUT2D eigenvalue weighted by molar-refractivity contribution is 0.109. The van der Waals surface area contributed by atoms with Gasteiger partial charge in [-0.3, -0.25) is 0 Å². The number of piperidine rings is 1. The second kappa shape index (κ2) is 8.48. The fourth-order valence-corrected chi connectivity index (χ4v) is 3.58. The van der Waals surface area contributed by atoms with Crippen LogP contribution in [0.25, 0.3) is 22.5 Å². The highest BCUT2D eigenvalue weighted by Gasteiger charge is 2.20. The minimum atomic E-state index is 0.171. The molecule has 0 amide bonds. The van der Waals surface area contributed by atoms with Crippen LogP contribution in [0.4, 0.5) is 0 Å². The molecule has 144 valence electrons. The Morgan fingerprint density at radius 2 is 1.39 bits per heavy atom. The minimum absolute atomic E-state index is 0.171. The van der Waals surface area contributed by atoms with Crippen molar-refractivity contribution in [2.45, 2.75) is 18.9 Å². The van der Waals surface area contributed by atoms with Gasteiger partial charge >= 0.3 is 0 Å². The summed E-state index contributed by atoms with van der Waals surface area (Å²) in [4.78, 5) is 11.8. The second-order valence-corrected chi connectivity index (χ2v) is 7.91. The van der Waals surface area contributed by atoms with Crippen molar-refractivity contribution in [3.8, 4) is 28.4 Å². The standard InChI is InChI=1S/C22H21Cl2N3O/c1-27-12-10-19(11-13-27)28-20-14-25-21(15-2-6-17(23)7-3-15)22(26-20)16-4-8-18(24)9-5-16/h2-9,14,19H,10-13H2,1H3. The zero-order chi connectivity index (χ0) is 19.5.